The fourth-order valence-electron chi connectivity index (χ4n) is 3.77. The summed E-state index contributed by atoms with van der Waals surface area (Å²) in [7, 11) is 1.46. The largest absolute Gasteiger partial charge is 0.481 e. The van der Waals surface area contributed by atoms with Gasteiger partial charge in [-0.15, -0.1) is 0 Å². The Morgan fingerprint density at radius 2 is 1.92 bits per heavy atom. The predicted octanol–water partition coefficient (Wildman–Crippen LogP) is 4.31. The van der Waals surface area contributed by atoms with Crippen molar-refractivity contribution in [1.82, 2.24) is 15.3 Å². The van der Waals surface area contributed by atoms with Crippen molar-refractivity contribution in [3.63, 3.8) is 0 Å². The zero-order valence-electron chi connectivity index (χ0n) is 19.7. The van der Waals surface area contributed by atoms with Crippen LogP contribution in [0.4, 0.5) is 5.69 Å². The Morgan fingerprint density at radius 3 is 2.65 bits per heavy atom. The van der Waals surface area contributed by atoms with Crippen molar-refractivity contribution < 1.29 is 14.3 Å². The average molecular weight is 540 g/mol. The third-order valence-corrected chi connectivity index (χ3v) is 6.21. The van der Waals surface area contributed by atoms with E-state index in [-0.39, 0.29) is 27.9 Å². The van der Waals surface area contributed by atoms with Gasteiger partial charge >= 0.3 is 0 Å². The molecule has 4 rings (SSSR count). The molecule has 5 N–H and O–H groups in total. The molecule has 11 heteroatoms. The molecule has 2 amide bonds. The second kappa shape index (κ2) is 11.4. The number of aromatic nitrogens is 2. The van der Waals surface area contributed by atoms with Crippen molar-refractivity contribution in [3.05, 3.63) is 97.9 Å². The molecule has 4 aromatic rings. The number of benzene rings is 2. The SMILES string of the molecule is COc1cc2[nH]c(=O)c(C(=O)Nc3cc(C(=O)NC(CCN)c4cccc(Cl)c4)ccc3Cl)cc2cn1. The van der Waals surface area contributed by atoms with Gasteiger partial charge in [-0.25, -0.2) is 4.98 Å². The van der Waals surface area contributed by atoms with Crippen LogP contribution < -0.4 is 26.7 Å². The van der Waals surface area contributed by atoms with Crippen LogP contribution in [0.25, 0.3) is 10.9 Å². The Balaban J connectivity index is 1.56. The number of anilines is 1. The monoisotopic (exact) mass is 539 g/mol. The number of fused-ring (bicyclic) bond motifs is 1. The number of carbonyl (C=O) groups excluding carboxylic acids is 2. The molecule has 0 saturated heterocycles. The number of aromatic amines is 1. The second-order valence-corrected chi connectivity index (χ2v) is 8.98. The third kappa shape index (κ3) is 6.08. The van der Waals surface area contributed by atoms with Gasteiger partial charge in [0.25, 0.3) is 17.4 Å². The number of nitrogens with two attached hydrogens (primary N) is 1. The number of H-pyrrole nitrogens is 1. The van der Waals surface area contributed by atoms with Crippen LogP contribution in [0.2, 0.25) is 10.0 Å². The highest BCUT2D eigenvalue weighted by molar-refractivity contribution is 6.34. The zero-order valence-corrected chi connectivity index (χ0v) is 21.2. The summed E-state index contributed by atoms with van der Waals surface area (Å²) < 4.78 is 5.06. The molecule has 0 fully saturated rings. The van der Waals surface area contributed by atoms with Gasteiger partial charge in [0.05, 0.1) is 29.4 Å². The first kappa shape index (κ1) is 26.2. The van der Waals surface area contributed by atoms with Gasteiger partial charge in [-0.3, -0.25) is 14.4 Å². The standard InChI is InChI=1S/C26H23Cl2N5O4/c1-37-23-12-21-16(13-30-23)10-18(25(35)32-21)26(36)33-22-11-15(5-6-19(22)28)24(34)31-20(7-8-29)14-3-2-4-17(27)9-14/h2-6,9-13,20H,7-8,29H2,1H3,(H,31,34)(H,32,35)(H,33,36). The molecule has 0 radical (unpaired) electrons. The Morgan fingerprint density at radius 1 is 1.11 bits per heavy atom. The summed E-state index contributed by atoms with van der Waals surface area (Å²) >= 11 is 12.4. The lowest BCUT2D eigenvalue weighted by molar-refractivity contribution is 0.0934. The highest BCUT2D eigenvalue weighted by Crippen LogP contribution is 2.26. The van der Waals surface area contributed by atoms with Crippen molar-refractivity contribution in [2.75, 3.05) is 19.0 Å². The topological polar surface area (TPSA) is 139 Å². The number of halogens is 2. The second-order valence-electron chi connectivity index (χ2n) is 8.13. The van der Waals surface area contributed by atoms with E-state index in [4.69, 9.17) is 33.7 Å². The van der Waals surface area contributed by atoms with Gasteiger partial charge in [0, 0.05) is 28.2 Å². The molecule has 0 aliphatic rings. The molecule has 9 nitrogen and oxygen atoms in total. The van der Waals surface area contributed by atoms with Crippen molar-refractivity contribution in [2.45, 2.75) is 12.5 Å². The van der Waals surface area contributed by atoms with Gasteiger partial charge in [0.2, 0.25) is 5.88 Å². The van der Waals surface area contributed by atoms with Gasteiger partial charge in [0.15, 0.2) is 0 Å². The van der Waals surface area contributed by atoms with E-state index in [1.165, 1.54) is 37.6 Å². The molecule has 0 saturated carbocycles. The van der Waals surface area contributed by atoms with E-state index in [1.807, 2.05) is 6.07 Å². The average Bonchev–Trinajstić information content (AvgIpc) is 2.88. The summed E-state index contributed by atoms with van der Waals surface area (Å²) in [5.41, 5.74) is 6.71. The van der Waals surface area contributed by atoms with E-state index in [1.54, 1.807) is 24.3 Å². The fourth-order valence-corrected chi connectivity index (χ4v) is 4.13. The van der Waals surface area contributed by atoms with Gasteiger partial charge in [-0.1, -0.05) is 35.3 Å². The van der Waals surface area contributed by atoms with Crippen molar-refractivity contribution in [3.8, 4) is 5.88 Å². The molecule has 2 aromatic heterocycles. The van der Waals surface area contributed by atoms with Crippen LogP contribution in [0.3, 0.4) is 0 Å². The van der Waals surface area contributed by atoms with E-state index >= 15 is 0 Å². The molecular weight excluding hydrogens is 517 g/mol. The van der Waals surface area contributed by atoms with E-state index in [9.17, 15) is 14.4 Å². The molecule has 0 spiro atoms. The molecular formula is C26H23Cl2N5O4. The number of methoxy groups -OCH3 is 1. The lowest BCUT2D eigenvalue weighted by Gasteiger charge is -2.19. The normalized spacial score (nSPS) is 11.7. The maximum absolute atomic E-state index is 13.0. The van der Waals surface area contributed by atoms with Crippen LogP contribution in [0, 0.1) is 0 Å². The summed E-state index contributed by atoms with van der Waals surface area (Å²) in [6.45, 7) is 0.349. The van der Waals surface area contributed by atoms with Gasteiger partial charge in [0.1, 0.15) is 5.56 Å². The Kier molecular flexibility index (Phi) is 8.08. The Bertz CT molecular complexity index is 1540. The number of amides is 2. The lowest BCUT2D eigenvalue weighted by atomic mass is 10.0. The number of pyridine rings is 2. The van der Waals surface area contributed by atoms with Gasteiger partial charge < -0.3 is 26.1 Å². The molecule has 2 aromatic carbocycles. The smallest absolute Gasteiger partial charge is 0.261 e. The highest BCUT2D eigenvalue weighted by atomic mass is 35.5. The highest BCUT2D eigenvalue weighted by Gasteiger charge is 2.19. The zero-order chi connectivity index (χ0) is 26.5. The minimum Gasteiger partial charge on any atom is -0.481 e. The van der Waals surface area contributed by atoms with E-state index < -0.39 is 17.4 Å². The molecule has 2 heterocycles. The summed E-state index contributed by atoms with van der Waals surface area (Å²) in [5, 5.41) is 6.84. The number of nitrogens with one attached hydrogen (secondary N) is 3. The first-order valence-electron chi connectivity index (χ1n) is 11.2. The number of ether oxygens (including phenoxy) is 1. The summed E-state index contributed by atoms with van der Waals surface area (Å²) in [5.74, 6) is -0.765. The van der Waals surface area contributed by atoms with Gasteiger partial charge in [-0.2, -0.15) is 0 Å². The molecule has 37 heavy (non-hydrogen) atoms. The minimum absolute atomic E-state index is 0.144. The maximum Gasteiger partial charge on any atom is 0.261 e. The number of rotatable bonds is 8. The van der Waals surface area contributed by atoms with E-state index in [2.05, 4.69) is 20.6 Å². The van der Waals surface area contributed by atoms with E-state index in [0.29, 0.717) is 34.8 Å². The van der Waals surface area contributed by atoms with Crippen LogP contribution in [0.15, 0.2) is 65.6 Å². The number of carbonyl (C=O) groups is 2. The molecule has 1 atom stereocenters. The van der Waals surface area contributed by atoms with Crippen LogP contribution in [0.1, 0.15) is 38.7 Å². The molecule has 0 bridgehead atoms. The molecule has 190 valence electrons. The van der Waals surface area contributed by atoms with Crippen molar-refractivity contribution in [2.24, 2.45) is 5.73 Å². The predicted molar refractivity (Wildman–Crippen MR) is 144 cm³/mol. The van der Waals surface area contributed by atoms with Crippen LogP contribution in [0.5, 0.6) is 5.88 Å². The fraction of sp³-hybridized carbons (Fsp3) is 0.154. The Hall–Kier alpha value is -3.92. The first-order valence-corrected chi connectivity index (χ1v) is 12.0. The van der Waals surface area contributed by atoms with Gasteiger partial charge in [-0.05, 0) is 54.9 Å². The Labute approximate surface area is 222 Å². The number of nitrogens with zero attached hydrogens (tertiary/aromatic N) is 1. The molecule has 1 unspecified atom stereocenters. The molecule has 0 aliphatic heterocycles. The quantitative estimate of drug-likeness (QED) is 0.263. The lowest BCUT2D eigenvalue weighted by Crippen LogP contribution is -2.30. The van der Waals surface area contributed by atoms with Crippen molar-refractivity contribution >= 4 is 51.6 Å². The molecule has 0 aliphatic carbocycles. The van der Waals surface area contributed by atoms with Crippen LogP contribution in [-0.2, 0) is 0 Å². The number of hydrogen-bond donors (Lipinski definition) is 4. The third-order valence-electron chi connectivity index (χ3n) is 5.64. The number of hydrogen-bond acceptors (Lipinski definition) is 6. The summed E-state index contributed by atoms with van der Waals surface area (Å²) in [4.78, 5) is 45.3. The van der Waals surface area contributed by atoms with Crippen LogP contribution in [-0.4, -0.2) is 35.4 Å². The van der Waals surface area contributed by atoms with Crippen molar-refractivity contribution in [1.29, 1.82) is 0 Å². The van der Waals surface area contributed by atoms with E-state index in [0.717, 1.165) is 5.56 Å². The summed E-state index contributed by atoms with van der Waals surface area (Å²) in [6, 6.07) is 14.2. The summed E-state index contributed by atoms with van der Waals surface area (Å²) in [6.07, 6.45) is 1.98. The van der Waals surface area contributed by atoms with Crippen LogP contribution >= 0.6 is 23.2 Å². The minimum atomic E-state index is -0.696. The first-order chi connectivity index (χ1) is 17.8. The maximum atomic E-state index is 13.0.